The van der Waals surface area contributed by atoms with E-state index in [1.807, 2.05) is 52.4 Å². The Bertz CT molecular complexity index is 852. The molecule has 0 N–H and O–H groups in total. The zero-order valence-corrected chi connectivity index (χ0v) is 21.4. The van der Waals surface area contributed by atoms with E-state index in [1.165, 1.54) is 22.3 Å². The van der Waals surface area contributed by atoms with Gasteiger partial charge in [0.1, 0.15) is 14.1 Å². The molecule has 6 heteroatoms. The third kappa shape index (κ3) is 10.7. The Morgan fingerprint density at radius 1 is 0.548 bits per heavy atom. The van der Waals surface area contributed by atoms with Crippen LogP contribution in [0.4, 0.5) is 0 Å². The van der Waals surface area contributed by atoms with Gasteiger partial charge >= 0.3 is 18.6 Å². The second kappa shape index (κ2) is 17.6. The molecule has 0 aliphatic heterocycles. The van der Waals surface area contributed by atoms with E-state index in [1.54, 1.807) is 24.8 Å². The standard InChI is InChI=1S/C12H14N2.C10H8N2.CH3I.CH4.CH3.V/c1-13-7-3-11(4-8-13)12-5-9-14(2)10-6-12;1-5-11-6-2-9(1)10-3-7-12-8-4-10;1-2;;;/h3-10H,1-2H3;1-8H;1H3;1H4;1H3;/q+2;;;;-1;+2. The van der Waals surface area contributed by atoms with Gasteiger partial charge in [0, 0.05) is 49.1 Å². The van der Waals surface area contributed by atoms with Crippen molar-refractivity contribution in [2.45, 2.75) is 7.43 Å². The summed E-state index contributed by atoms with van der Waals surface area (Å²) in [6.07, 6.45) is 15.4. The Hall–Kier alpha value is -2.09. The second-order valence-corrected chi connectivity index (χ2v) is 5.98. The molecule has 4 aromatic heterocycles. The van der Waals surface area contributed by atoms with Crippen LogP contribution in [-0.4, -0.2) is 14.9 Å². The van der Waals surface area contributed by atoms with Crippen molar-refractivity contribution in [2.75, 3.05) is 4.93 Å². The zero-order valence-electron chi connectivity index (χ0n) is 17.9. The summed E-state index contributed by atoms with van der Waals surface area (Å²) < 4.78 is 4.07. The number of hydrogen-bond donors (Lipinski definition) is 0. The number of hydrogen-bond acceptors (Lipinski definition) is 2. The molecule has 4 rings (SSSR count). The molecule has 1 radical (unpaired) electrons. The maximum absolute atomic E-state index is 3.96. The van der Waals surface area contributed by atoms with Crippen LogP contribution in [0.25, 0.3) is 22.3 Å². The molecule has 161 valence electrons. The molecule has 0 aliphatic rings. The number of halogens is 1. The molecule has 4 nitrogen and oxygen atoms in total. The van der Waals surface area contributed by atoms with Gasteiger partial charge in [-0.3, -0.25) is 9.97 Å². The molecule has 4 heterocycles. The van der Waals surface area contributed by atoms with Crippen molar-refractivity contribution in [3.63, 3.8) is 0 Å². The summed E-state index contributed by atoms with van der Waals surface area (Å²) in [5, 5.41) is 0. The summed E-state index contributed by atoms with van der Waals surface area (Å²) in [5.41, 5.74) is 4.85. The van der Waals surface area contributed by atoms with E-state index in [4.69, 9.17) is 0 Å². The predicted octanol–water partition coefficient (Wildman–Crippen LogP) is 5.28. The van der Waals surface area contributed by atoms with Crippen molar-refractivity contribution in [1.29, 1.82) is 0 Å². The summed E-state index contributed by atoms with van der Waals surface area (Å²) in [6, 6.07) is 16.4. The molecule has 0 bridgehead atoms. The van der Waals surface area contributed by atoms with Gasteiger partial charge in [0.15, 0.2) is 24.8 Å². The molecule has 0 saturated carbocycles. The van der Waals surface area contributed by atoms with E-state index in [0.717, 1.165) is 0 Å². The van der Waals surface area contributed by atoms with E-state index in [2.05, 4.69) is 81.6 Å². The smallest absolute Gasteiger partial charge is 0.358 e. The number of aromatic nitrogens is 4. The van der Waals surface area contributed by atoms with Crippen molar-refractivity contribution in [1.82, 2.24) is 9.97 Å². The van der Waals surface area contributed by atoms with Gasteiger partial charge in [0.2, 0.25) is 0 Å². The van der Waals surface area contributed by atoms with Gasteiger partial charge in [-0.1, -0.05) is 30.0 Å². The minimum atomic E-state index is 0. The van der Waals surface area contributed by atoms with E-state index in [0.29, 0.717) is 0 Å². The Morgan fingerprint density at radius 2 is 0.774 bits per heavy atom. The van der Waals surface area contributed by atoms with E-state index >= 15 is 0 Å². The van der Waals surface area contributed by atoms with E-state index in [-0.39, 0.29) is 33.4 Å². The molecule has 0 fully saturated rings. The number of aryl methyl sites for hydroxylation is 2. The van der Waals surface area contributed by atoms with Crippen LogP contribution in [0.2, 0.25) is 0 Å². The van der Waals surface area contributed by atoms with Crippen molar-refractivity contribution in [2.24, 2.45) is 14.1 Å². The SMILES string of the molecule is C.CI.C[n+]1ccc(-c2cc[n+](C)cc2)cc1.[CH3-].[V+2].c1cc(-c2ccncc2)ccn1. The van der Waals surface area contributed by atoms with Gasteiger partial charge in [-0.05, 0) is 51.4 Å². The first-order chi connectivity index (χ1) is 13.7. The molecule has 31 heavy (non-hydrogen) atoms. The van der Waals surface area contributed by atoms with Crippen molar-refractivity contribution < 1.29 is 27.7 Å². The second-order valence-electron chi connectivity index (χ2n) is 5.98. The van der Waals surface area contributed by atoms with Crippen LogP contribution in [0.3, 0.4) is 0 Å². The third-order valence-electron chi connectivity index (χ3n) is 3.98. The minimum Gasteiger partial charge on any atom is -0.358 e. The molecule has 0 unspecified atom stereocenters. The fraction of sp³-hybridized carbons (Fsp3) is 0.160. The molecule has 0 spiro atoms. The molecule has 0 amide bonds. The average molecular weight is 566 g/mol. The molecule has 4 aromatic rings. The van der Waals surface area contributed by atoms with Crippen LogP contribution < -0.4 is 9.13 Å². The fourth-order valence-electron chi connectivity index (χ4n) is 2.48. The maximum atomic E-state index is 3.96. The molecule has 0 atom stereocenters. The van der Waals surface area contributed by atoms with Gasteiger partial charge in [0.05, 0.1) is 0 Å². The number of rotatable bonds is 2. The van der Waals surface area contributed by atoms with Crippen molar-refractivity contribution >= 4 is 22.6 Å². The first kappa shape index (κ1) is 31.1. The molecule has 0 saturated heterocycles. The Balaban J connectivity index is 0. The molecule has 0 aliphatic carbocycles. The van der Waals surface area contributed by atoms with Gasteiger partial charge in [-0.15, -0.1) is 0 Å². The summed E-state index contributed by atoms with van der Waals surface area (Å²) in [7, 11) is 4.05. The van der Waals surface area contributed by atoms with E-state index in [9.17, 15) is 0 Å². The topological polar surface area (TPSA) is 33.5 Å². The number of pyridine rings is 4. The number of nitrogens with zero attached hydrogens (tertiary/aromatic N) is 4. The summed E-state index contributed by atoms with van der Waals surface area (Å²) in [6.45, 7) is 0. The van der Waals surface area contributed by atoms with Crippen LogP contribution in [0, 0.1) is 7.43 Å². The molecular formula is C25H32IN4V+3. The van der Waals surface area contributed by atoms with Crippen molar-refractivity contribution in [3.8, 4) is 22.3 Å². The van der Waals surface area contributed by atoms with Crippen molar-refractivity contribution in [3.05, 3.63) is 106 Å². The monoisotopic (exact) mass is 566 g/mol. The molecule has 0 aromatic carbocycles. The molecular weight excluding hydrogens is 534 g/mol. The van der Waals surface area contributed by atoms with Gasteiger partial charge in [-0.25, -0.2) is 9.13 Å². The van der Waals surface area contributed by atoms with Gasteiger partial charge in [-0.2, -0.15) is 0 Å². The Kier molecular flexibility index (Phi) is 17.6. The van der Waals surface area contributed by atoms with Crippen LogP contribution in [-0.2, 0) is 32.7 Å². The first-order valence-corrected chi connectivity index (χ1v) is 11.0. The Labute approximate surface area is 213 Å². The van der Waals surface area contributed by atoms with Crippen LogP contribution in [0.5, 0.6) is 0 Å². The minimum absolute atomic E-state index is 0. The largest absolute Gasteiger partial charge is 2.00 e. The van der Waals surface area contributed by atoms with Gasteiger partial charge in [0.25, 0.3) is 0 Å². The van der Waals surface area contributed by atoms with Crippen LogP contribution in [0.15, 0.2) is 98.1 Å². The summed E-state index contributed by atoms with van der Waals surface area (Å²) in [5.74, 6) is 0. The van der Waals surface area contributed by atoms with E-state index < -0.39 is 0 Å². The third-order valence-corrected chi connectivity index (χ3v) is 3.98. The zero-order chi connectivity index (χ0) is 20.2. The Morgan fingerprint density at radius 3 is 1.03 bits per heavy atom. The van der Waals surface area contributed by atoms with Crippen LogP contribution in [0.1, 0.15) is 7.43 Å². The maximum Gasteiger partial charge on any atom is 2.00 e. The summed E-state index contributed by atoms with van der Waals surface area (Å²) in [4.78, 5) is 9.88. The first-order valence-electron chi connectivity index (χ1n) is 8.81. The fourth-order valence-corrected chi connectivity index (χ4v) is 2.48. The predicted molar refractivity (Wildman–Crippen MR) is 135 cm³/mol. The van der Waals surface area contributed by atoms with Crippen LogP contribution >= 0.6 is 22.6 Å². The number of alkyl halides is 1. The average Bonchev–Trinajstić information content (AvgIpc) is 2.78. The summed E-state index contributed by atoms with van der Waals surface area (Å²) >= 11 is 2.15. The normalized spacial score (nSPS) is 8.52. The quantitative estimate of drug-likeness (QED) is 0.143. The van der Waals surface area contributed by atoms with Gasteiger partial charge < -0.3 is 7.43 Å².